The predicted molar refractivity (Wildman–Crippen MR) is 87.3 cm³/mol. The van der Waals surface area contributed by atoms with Gasteiger partial charge in [0.25, 0.3) is 5.91 Å². The number of hydrogen-bond acceptors (Lipinski definition) is 5. The van der Waals surface area contributed by atoms with Gasteiger partial charge in [0.15, 0.2) is 0 Å². The lowest BCUT2D eigenvalue weighted by Crippen LogP contribution is -2.31. The number of nitrogens with zero attached hydrogens (tertiary/aromatic N) is 1. The molecule has 0 aliphatic rings. The zero-order valence-corrected chi connectivity index (χ0v) is 14.3. The van der Waals surface area contributed by atoms with Gasteiger partial charge in [-0.15, -0.1) is 0 Å². The van der Waals surface area contributed by atoms with E-state index in [2.05, 4.69) is 33.1 Å². The summed E-state index contributed by atoms with van der Waals surface area (Å²) in [4.78, 5) is 23.7. The Kier molecular flexibility index (Phi) is 5.53. The highest BCUT2D eigenvalue weighted by molar-refractivity contribution is 14.1. The van der Waals surface area contributed by atoms with Crippen LogP contribution in [0.5, 0.6) is 0 Å². The molecule has 2 rings (SSSR count). The number of carbonyl (C=O) groups excluding carboxylic acids is 2. The van der Waals surface area contributed by atoms with Gasteiger partial charge < -0.3 is 14.6 Å². The first-order valence-corrected chi connectivity index (χ1v) is 7.67. The Balaban J connectivity index is 1.83. The van der Waals surface area contributed by atoms with Crippen LogP contribution in [-0.4, -0.2) is 23.6 Å². The summed E-state index contributed by atoms with van der Waals surface area (Å²) in [6, 6.07) is 7.14. The van der Waals surface area contributed by atoms with Gasteiger partial charge in [-0.3, -0.25) is 9.59 Å². The van der Waals surface area contributed by atoms with Crippen LogP contribution in [-0.2, 0) is 16.1 Å². The molecule has 0 aliphatic heterocycles. The average molecular weight is 414 g/mol. The third kappa shape index (κ3) is 4.06. The molecule has 116 valence electrons. The van der Waals surface area contributed by atoms with Gasteiger partial charge in [0.05, 0.1) is 16.8 Å². The van der Waals surface area contributed by atoms with Gasteiger partial charge in [-0.25, -0.2) is 0 Å². The molecule has 0 atom stereocenters. The molecular weight excluding hydrogens is 399 g/mol. The summed E-state index contributed by atoms with van der Waals surface area (Å²) < 4.78 is 10.9. The fourth-order valence-electron chi connectivity index (χ4n) is 1.80. The number of carbonyl (C=O) groups is 2. The van der Waals surface area contributed by atoms with Gasteiger partial charge in [-0.1, -0.05) is 17.3 Å². The normalized spacial score (nSPS) is 10.3. The van der Waals surface area contributed by atoms with Crippen LogP contribution in [0.2, 0.25) is 0 Å². The predicted octanol–water partition coefficient (Wildman–Crippen LogP) is 2.37. The molecule has 0 fully saturated rings. The van der Waals surface area contributed by atoms with E-state index in [1.807, 2.05) is 12.1 Å². The molecule has 7 heteroatoms. The molecule has 0 saturated carbocycles. The minimum Gasteiger partial charge on any atom is -0.459 e. The lowest BCUT2D eigenvalue weighted by atomic mass is 10.2. The van der Waals surface area contributed by atoms with Crippen molar-refractivity contribution in [2.45, 2.75) is 20.5 Å². The summed E-state index contributed by atoms with van der Waals surface area (Å²) in [5.41, 5.74) is 1.96. The highest BCUT2D eigenvalue weighted by atomic mass is 127. The third-order valence-corrected chi connectivity index (χ3v) is 4.01. The number of halogens is 1. The van der Waals surface area contributed by atoms with Crippen LogP contribution in [0.1, 0.15) is 27.4 Å². The van der Waals surface area contributed by atoms with E-state index in [-0.39, 0.29) is 19.1 Å². The van der Waals surface area contributed by atoms with Crippen molar-refractivity contribution in [3.63, 3.8) is 0 Å². The quantitative estimate of drug-likeness (QED) is 0.600. The summed E-state index contributed by atoms with van der Waals surface area (Å²) in [5.74, 6) is -0.202. The second-order valence-electron chi connectivity index (χ2n) is 4.63. The van der Waals surface area contributed by atoms with Crippen molar-refractivity contribution in [3.8, 4) is 0 Å². The highest BCUT2D eigenvalue weighted by Gasteiger charge is 2.14. The van der Waals surface area contributed by atoms with Gasteiger partial charge in [0, 0.05) is 3.57 Å². The first-order valence-electron chi connectivity index (χ1n) is 6.59. The molecule has 0 unspecified atom stereocenters. The van der Waals surface area contributed by atoms with E-state index < -0.39 is 5.97 Å². The van der Waals surface area contributed by atoms with Crippen molar-refractivity contribution in [2.75, 3.05) is 6.54 Å². The van der Waals surface area contributed by atoms with Crippen LogP contribution >= 0.6 is 22.6 Å². The van der Waals surface area contributed by atoms with Crippen molar-refractivity contribution < 1.29 is 18.8 Å². The maximum atomic E-state index is 12.0. The van der Waals surface area contributed by atoms with Crippen LogP contribution in [0.4, 0.5) is 0 Å². The van der Waals surface area contributed by atoms with E-state index >= 15 is 0 Å². The first kappa shape index (κ1) is 16.5. The Morgan fingerprint density at radius 3 is 2.68 bits per heavy atom. The van der Waals surface area contributed by atoms with Crippen LogP contribution in [0.25, 0.3) is 0 Å². The number of nitrogens with one attached hydrogen (secondary N) is 1. The minimum atomic E-state index is -0.515. The number of benzene rings is 1. The molecule has 1 aromatic heterocycles. The smallest absolute Gasteiger partial charge is 0.325 e. The Hall–Kier alpha value is -1.90. The lowest BCUT2D eigenvalue weighted by molar-refractivity contribution is -0.143. The summed E-state index contributed by atoms with van der Waals surface area (Å²) in [7, 11) is 0. The molecular formula is C15H15IN2O4. The van der Waals surface area contributed by atoms with E-state index in [0.29, 0.717) is 17.0 Å². The van der Waals surface area contributed by atoms with Crippen LogP contribution in [0.15, 0.2) is 28.8 Å². The number of rotatable bonds is 5. The first-order chi connectivity index (χ1) is 10.5. The van der Waals surface area contributed by atoms with E-state index in [0.717, 1.165) is 9.13 Å². The van der Waals surface area contributed by atoms with Gasteiger partial charge in [-0.2, -0.15) is 0 Å². The summed E-state index contributed by atoms with van der Waals surface area (Å²) in [6.45, 7) is 3.42. The average Bonchev–Trinajstić information content (AvgIpc) is 2.82. The maximum Gasteiger partial charge on any atom is 0.325 e. The standard InChI is InChI=1S/C15H15IN2O4/c1-9-12(10(2)22-18-9)8-21-14(19)7-17-15(20)11-5-3-4-6-13(11)16/h3-6H,7-8H2,1-2H3,(H,17,20). The van der Waals surface area contributed by atoms with Crippen LogP contribution < -0.4 is 5.32 Å². The van der Waals surface area contributed by atoms with E-state index in [4.69, 9.17) is 9.26 Å². The zero-order chi connectivity index (χ0) is 16.1. The van der Waals surface area contributed by atoms with Crippen LogP contribution in [0.3, 0.4) is 0 Å². The molecule has 1 heterocycles. The molecule has 0 aliphatic carbocycles. The molecule has 1 amide bonds. The summed E-state index contributed by atoms with van der Waals surface area (Å²) in [5, 5.41) is 6.32. The topological polar surface area (TPSA) is 81.4 Å². The number of esters is 1. The fourth-order valence-corrected chi connectivity index (χ4v) is 2.44. The van der Waals surface area contributed by atoms with E-state index in [1.165, 1.54) is 0 Å². The second-order valence-corrected chi connectivity index (χ2v) is 5.79. The number of aromatic nitrogens is 1. The van der Waals surface area contributed by atoms with Crippen molar-refractivity contribution >= 4 is 34.5 Å². The maximum absolute atomic E-state index is 12.0. The lowest BCUT2D eigenvalue weighted by Gasteiger charge is -2.07. The molecule has 6 nitrogen and oxygen atoms in total. The Morgan fingerprint density at radius 1 is 1.32 bits per heavy atom. The second kappa shape index (κ2) is 7.39. The largest absolute Gasteiger partial charge is 0.459 e. The fraction of sp³-hybridized carbons (Fsp3) is 0.267. The Bertz CT molecular complexity index is 677. The molecule has 22 heavy (non-hydrogen) atoms. The Labute approximate surface area is 141 Å². The van der Waals surface area contributed by atoms with Gasteiger partial charge in [-0.05, 0) is 48.6 Å². The number of aryl methyl sites for hydroxylation is 2. The third-order valence-electron chi connectivity index (χ3n) is 3.07. The van der Waals surface area contributed by atoms with E-state index in [9.17, 15) is 9.59 Å². The monoisotopic (exact) mass is 414 g/mol. The van der Waals surface area contributed by atoms with Crippen LogP contribution in [0, 0.1) is 17.4 Å². The van der Waals surface area contributed by atoms with Gasteiger partial charge in [0.1, 0.15) is 18.9 Å². The molecule has 0 spiro atoms. The van der Waals surface area contributed by atoms with Crippen molar-refractivity contribution in [2.24, 2.45) is 0 Å². The molecule has 1 aromatic carbocycles. The summed E-state index contributed by atoms with van der Waals surface area (Å²) >= 11 is 2.07. The molecule has 2 aromatic rings. The molecule has 0 saturated heterocycles. The number of ether oxygens (including phenoxy) is 1. The van der Waals surface area contributed by atoms with E-state index in [1.54, 1.807) is 26.0 Å². The molecule has 1 N–H and O–H groups in total. The highest BCUT2D eigenvalue weighted by Crippen LogP contribution is 2.13. The number of hydrogen-bond donors (Lipinski definition) is 1. The van der Waals surface area contributed by atoms with Crippen molar-refractivity contribution in [1.82, 2.24) is 10.5 Å². The van der Waals surface area contributed by atoms with Crippen molar-refractivity contribution in [3.05, 3.63) is 50.4 Å². The van der Waals surface area contributed by atoms with Gasteiger partial charge in [0.2, 0.25) is 0 Å². The SMILES string of the molecule is Cc1noc(C)c1COC(=O)CNC(=O)c1ccccc1I. The minimum absolute atomic E-state index is 0.0821. The number of amides is 1. The van der Waals surface area contributed by atoms with Gasteiger partial charge >= 0.3 is 5.97 Å². The zero-order valence-electron chi connectivity index (χ0n) is 12.2. The Morgan fingerprint density at radius 2 is 2.05 bits per heavy atom. The molecule has 0 bridgehead atoms. The summed E-state index contributed by atoms with van der Waals surface area (Å²) in [6.07, 6.45) is 0. The van der Waals surface area contributed by atoms with Crippen molar-refractivity contribution in [1.29, 1.82) is 0 Å². The molecule has 0 radical (unpaired) electrons.